The lowest BCUT2D eigenvalue weighted by Crippen LogP contribution is -2.36. The number of nitrogens with one attached hydrogen (secondary N) is 1. The molecule has 7 heteroatoms. The Kier molecular flexibility index (Phi) is 4.71. The Bertz CT molecular complexity index is 504. The average molecular weight is 307 g/mol. The van der Waals surface area contributed by atoms with Crippen LogP contribution in [0, 0.1) is 6.92 Å². The molecule has 1 aromatic heterocycles. The Balaban J connectivity index is 2.13. The summed E-state index contributed by atoms with van der Waals surface area (Å²) in [5.41, 5.74) is 0.835. The van der Waals surface area contributed by atoms with Crippen molar-refractivity contribution in [3.05, 3.63) is 16.5 Å². The van der Waals surface area contributed by atoms with Crippen molar-refractivity contribution in [2.45, 2.75) is 36.6 Å². The summed E-state index contributed by atoms with van der Waals surface area (Å²) in [7, 11) is -3.42. The van der Waals surface area contributed by atoms with Gasteiger partial charge in [-0.2, -0.15) is 11.8 Å². The third-order valence-corrected chi connectivity index (χ3v) is 7.21. The number of hydrogen-bond donors (Lipinski definition) is 2. The van der Waals surface area contributed by atoms with E-state index in [-0.39, 0.29) is 12.6 Å². The number of sulfonamides is 1. The minimum atomic E-state index is -3.42. The Morgan fingerprint density at radius 3 is 2.67 bits per heavy atom. The molecule has 1 aromatic rings. The van der Waals surface area contributed by atoms with Gasteiger partial charge in [-0.1, -0.05) is 0 Å². The fourth-order valence-electron chi connectivity index (χ4n) is 1.87. The Morgan fingerprint density at radius 1 is 1.44 bits per heavy atom. The number of thioether (sulfide) groups is 1. The lowest BCUT2D eigenvalue weighted by Gasteiger charge is -2.21. The molecule has 1 fully saturated rings. The van der Waals surface area contributed by atoms with Gasteiger partial charge in [0.1, 0.15) is 4.21 Å². The maximum absolute atomic E-state index is 12.2. The summed E-state index contributed by atoms with van der Waals surface area (Å²) in [6, 6.07) is 1.69. The number of hydrogen-bond acceptors (Lipinski definition) is 5. The van der Waals surface area contributed by atoms with Crippen molar-refractivity contribution in [1.29, 1.82) is 0 Å². The predicted octanol–water partition coefficient (Wildman–Crippen LogP) is 1.72. The zero-order chi connectivity index (χ0) is 13.2. The van der Waals surface area contributed by atoms with Crippen LogP contribution >= 0.6 is 23.1 Å². The first-order valence-electron chi connectivity index (χ1n) is 5.83. The molecule has 1 aliphatic heterocycles. The average Bonchev–Trinajstić information content (AvgIpc) is 2.72. The van der Waals surface area contributed by atoms with Crippen LogP contribution in [0.15, 0.2) is 10.3 Å². The summed E-state index contributed by atoms with van der Waals surface area (Å²) in [5, 5.41) is 9.11. The molecule has 102 valence electrons. The molecule has 1 aliphatic rings. The molecule has 2 heterocycles. The van der Waals surface area contributed by atoms with Gasteiger partial charge in [0.2, 0.25) is 10.0 Å². The normalized spacial score (nSPS) is 18.1. The van der Waals surface area contributed by atoms with Crippen molar-refractivity contribution < 1.29 is 13.5 Å². The van der Waals surface area contributed by atoms with Crippen molar-refractivity contribution in [1.82, 2.24) is 4.72 Å². The molecule has 4 nitrogen and oxygen atoms in total. The summed E-state index contributed by atoms with van der Waals surface area (Å²) in [4.78, 5) is 0.717. The first-order valence-corrected chi connectivity index (χ1v) is 9.28. The fourth-order valence-corrected chi connectivity index (χ4v) is 5.75. The Morgan fingerprint density at radius 2 is 2.11 bits per heavy atom. The van der Waals surface area contributed by atoms with Crippen LogP contribution in [0.1, 0.15) is 23.3 Å². The van der Waals surface area contributed by atoms with Crippen LogP contribution in [0.25, 0.3) is 0 Å². The van der Waals surface area contributed by atoms with E-state index in [1.807, 2.05) is 18.7 Å². The van der Waals surface area contributed by atoms with E-state index in [1.165, 1.54) is 0 Å². The van der Waals surface area contributed by atoms with Crippen molar-refractivity contribution in [3.63, 3.8) is 0 Å². The second-order valence-electron chi connectivity index (χ2n) is 4.34. The smallest absolute Gasteiger partial charge is 0.250 e. The summed E-state index contributed by atoms with van der Waals surface area (Å²) in [6.45, 7) is 1.71. The summed E-state index contributed by atoms with van der Waals surface area (Å²) >= 11 is 3.01. The van der Waals surface area contributed by atoms with Gasteiger partial charge in [-0.15, -0.1) is 11.3 Å². The highest BCUT2D eigenvalue weighted by Gasteiger charge is 2.24. The molecule has 0 amide bonds. The van der Waals surface area contributed by atoms with Crippen molar-refractivity contribution >= 4 is 33.1 Å². The van der Waals surface area contributed by atoms with E-state index in [4.69, 9.17) is 5.11 Å². The van der Waals surface area contributed by atoms with Crippen LogP contribution in [-0.4, -0.2) is 31.1 Å². The number of aliphatic hydroxyl groups is 1. The molecule has 0 radical (unpaired) electrons. The zero-order valence-electron chi connectivity index (χ0n) is 10.2. The standard InChI is InChI=1S/C11H17NO3S3/c1-8-6-11(17-10(8)7-13)18(14,15)12-9-2-4-16-5-3-9/h6,9,12-13H,2-5,7H2,1H3. The highest BCUT2D eigenvalue weighted by Crippen LogP contribution is 2.27. The summed E-state index contributed by atoms with van der Waals surface area (Å²) < 4.78 is 27.5. The highest BCUT2D eigenvalue weighted by atomic mass is 32.2. The second kappa shape index (κ2) is 5.92. The molecule has 0 saturated carbocycles. The van der Waals surface area contributed by atoms with E-state index in [1.54, 1.807) is 6.07 Å². The van der Waals surface area contributed by atoms with Crippen LogP contribution in [0.4, 0.5) is 0 Å². The minimum absolute atomic E-state index is 0.0521. The molecule has 0 aromatic carbocycles. The maximum atomic E-state index is 12.2. The van der Waals surface area contributed by atoms with Gasteiger partial charge in [0.15, 0.2) is 0 Å². The van der Waals surface area contributed by atoms with Gasteiger partial charge in [-0.3, -0.25) is 0 Å². The number of aryl methyl sites for hydroxylation is 1. The van der Waals surface area contributed by atoms with E-state index in [0.717, 1.165) is 46.1 Å². The largest absolute Gasteiger partial charge is 0.391 e. The van der Waals surface area contributed by atoms with Crippen LogP contribution in [0.5, 0.6) is 0 Å². The topological polar surface area (TPSA) is 66.4 Å². The molecular weight excluding hydrogens is 290 g/mol. The first-order chi connectivity index (χ1) is 8.53. The van der Waals surface area contributed by atoms with E-state index < -0.39 is 10.0 Å². The molecule has 0 aliphatic carbocycles. The third-order valence-electron chi connectivity index (χ3n) is 2.95. The Hall–Kier alpha value is -0.0800. The molecule has 1 saturated heterocycles. The van der Waals surface area contributed by atoms with Crippen molar-refractivity contribution in [2.24, 2.45) is 0 Å². The summed E-state index contributed by atoms with van der Waals surface area (Å²) in [6.07, 6.45) is 1.78. The highest BCUT2D eigenvalue weighted by molar-refractivity contribution is 7.99. The maximum Gasteiger partial charge on any atom is 0.250 e. The van der Waals surface area contributed by atoms with E-state index in [9.17, 15) is 8.42 Å². The van der Waals surface area contributed by atoms with E-state index in [0.29, 0.717) is 4.21 Å². The van der Waals surface area contributed by atoms with Gasteiger partial charge in [-0.05, 0) is 42.9 Å². The van der Waals surface area contributed by atoms with Crippen LogP contribution in [-0.2, 0) is 16.6 Å². The van der Waals surface area contributed by atoms with Gasteiger partial charge in [0.25, 0.3) is 0 Å². The molecular formula is C11H17NO3S3. The van der Waals surface area contributed by atoms with E-state index in [2.05, 4.69) is 4.72 Å². The van der Waals surface area contributed by atoms with Crippen LogP contribution in [0.2, 0.25) is 0 Å². The van der Waals surface area contributed by atoms with E-state index >= 15 is 0 Å². The molecule has 2 rings (SSSR count). The first kappa shape index (κ1) is 14.3. The predicted molar refractivity (Wildman–Crippen MR) is 75.6 cm³/mol. The number of thiophene rings is 1. The quantitative estimate of drug-likeness (QED) is 0.889. The van der Waals surface area contributed by atoms with Gasteiger partial charge in [0.05, 0.1) is 6.61 Å². The lowest BCUT2D eigenvalue weighted by molar-refractivity contribution is 0.285. The zero-order valence-corrected chi connectivity index (χ0v) is 12.6. The lowest BCUT2D eigenvalue weighted by atomic mass is 10.2. The van der Waals surface area contributed by atoms with Gasteiger partial charge >= 0.3 is 0 Å². The molecule has 2 N–H and O–H groups in total. The Labute approximate surface area is 116 Å². The SMILES string of the molecule is Cc1cc(S(=O)(=O)NC2CCSCC2)sc1CO. The molecule has 0 bridgehead atoms. The number of rotatable bonds is 4. The fraction of sp³-hybridized carbons (Fsp3) is 0.636. The monoisotopic (exact) mass is 307 g/mol. The second-order valence-corrected chi connectivity index (χ2v) is 8.64. The van der Waals surface area contributed by atoms with Crippen LogP contribution < -0.4 is 4.72 Å². The van der Waals surface area contributed by atoms with Crippen molar-refractivity contribution in [2.75, 3.05) is 11.5 Å². The van der Waals surface area contributed by atoms with Crippen molar-refractivity contribution in [3.8, 4) is 0 Å². The molecule has 0 unspecified atom stereocenters. The molecule has 18 heavy (non-hydrogen) atoms. The molecule has 0 spiro atoms. The summed E-state index contributed by atoms with van der Waals surface area (Å²) in [5.74, 6) is 2.02. The molecule has 0 atom stereocenters. The number of aliphatic hydroxyl groups excluding tert-OH is 1. The minimum Gasteiger partial charge on any atom is -0.391 e. The van der Waals surface area contributed by atoms with Gasteiger partial charge in [0, 0.05) is 10.9 Å². The van der Waals surface area contributed by atoms with Gasteiger partial charge < -0.3 is 5.11 Å². The van der Waals surface area contributed by atoms with Crippen LogP contribution in [0.3, 0.4) is 0 Å². The van der Waals surface area contributed by atoms with Gasteiger partial charge in [-0.25, -0.2) is 13.1 Å². The third kappa shape index (κ3) is 3.27.